The van der Waals surface area contributed by atoms with Gasteiger partial charge in [0.2, 0.25) is 10.0 Å². The minimum absolute atomic E-state index is 0.167. The average molecular weight is 348 g/mol. The van der Waals surface area contributed by atoms with Crippen molar-refractivity contribution in [3.05, 3.63) is 64.7 Å². The number of H-pyrrole nitrogens is 1. The molecule has 0 fully saturated rings. The van der Waals surface area contributed by atoms with Crippen LogP contribution in [-0.4, -0.2) is 23.6 Å². The Morgan fingerprint density at radius 2 is 2.04 bits per heavy atom. The smallest absolute Gasteiger partial charge is 0.264 e. The first-order chi connectivity index (χ1) is 11.0. The van der Waals surface area contributed by atoms with Crippen LogP contribution in [0.5, 0.6) is 0 Å². The summed E-state index contributed by atoms with van der Waals surface area (Å²) in [4.78, 5) is 15.6. The Hall–Kier alpha value is -2.36. The number of thiophene rings is 1. The molecule has 0 saturated carbocycles. The van der Waals surface area contributed by atoms with Crippen LogP contribution in [0.15, 0.2) is 57.8 Å². The lowest BCUT2D eigenvalue weighted by atomic mass is 10.3. The van der Waals surface area contributed by atoms with E-state index >= 15 is 0 Å². The molecule has 3 heterocycles. The zero-order valence-corrected chi connectivity index (χ0v) is 13.4. The fraction of sp³-hybridized carbons (Fsp3) is 0.0714. The van der Waals surface area contributed by atoms with Crippen LogP contribution in [0.3, 0.4) is 0 Å². The van der Waals surface area contributed by atoms with Crippen LogP contribution in [0.25, 0.3) is 10.6 Å². The highest BCUT2D eigenvalue weighted by atomic mass is 32.2. The molecule has 3 aromatic heterocycles. The fourth-order valence-corrected chi connectivity index (χ4v) is 4.17. The van der Waals surface area contributed by atoms with Crippen LogP contribution in [0, 0.1) is 0 Å². The minimum Gasteiger partial charge on any atom is -0.268 e. The highest BCUT2D eigenvalue weighted by Gasteiger charge is 2.17. The van der Waals surface area contributed by atoms with E-state index < -0.39 is 10.0 Å². The molecular weight excluding hydrogens is 336 g/mol. The van der Waals surface area contributed by atoms with Crippen LogP contribution in [0.4, 0.5) is 0 Å². The number of hydrogen-bond acceptors (Lipinski definition) is 6. The maximum Gasteiger partial charge on any atom is 0.264 e. The summed E-state index contributed by atoms with van der Waals surface area (Å²) in [5.41, 5.74) is 0.981. The lowest BCUT2D eigenvalue weighted by Crippen LogP contribution is -2.22. The quantitative estimate of drug-likeness (QED) is 0.724. The van der Waals surface area contributed by atoms with Gasteiger partial charge in [-0.3, -0.25) is 9.78 Å². The van der Waals surface area contributed by atoms with E-state index in [2.05, 4.69) is 19.9 Å². The second kappa shape index (κ2) is 6.41. The van der Waals surface area contributed by atoms with Gasteiger partial charge in [-0.2, -0.15) is 5.10 Å². The standard InChI is InChI=1S/C14H12N4O3S2/c19-13-5-3-11(17-18-13)12-4-6-14(22-12)23(20,21)16-9-10-2-1-7-15-8-10/h1-8,16H,9H2,(H,18,19). The van der Waals surface area contributed by atoms with E-state index in [9.17, 15) is 13.2 Å². The van der Waals surface area contributed by atoms with Gasteiger partial charge < -0.3 is 0 Å². The molecule has 0 aromatic carbocycles. The number of sulfonamides is 1. The molecule has 0 amide bonds. The zero-order chi connectivity index (χ0) is 16.3. The Morgan fingerprint density at radius 3 is 2.74 bits per heavy atom. The summed E-state index contributed by atoms with van der Waals surface area (Å²) >= 11 is 1.08. The molecular formula is C14H12N4O3S2. The van der Waals surface area contributed by atoms with E-state index in [1.807, 2.05) is 0 Å². The van der Waals surface area contributed by atoms with Crippen molar-refractivity contribution in [1.82, 2.24) is 19.9 Å². The van der Waals surface area contributed by atoms with Gasteiger partial charge in [-0.1, -0.05) is 6.07 Å². The molecule has 0 unspecified atom stereocenters. The molecule has 0 spiro atoms. The highest BCUT2D eigenvalue weighted by molar-refractivity contribution is 7.91. The Bertz CT molecular complexity index is 944. The SMILES string of the molecule is O=c1ccc(-c2ccc(S(=O)(=O)NCc3cccnc3)s2)n[nH]1. The van der Waals surface area contributed by atoms with Gasteiger partial charge in [0.05, 0.1) is 4.88 Å². The zero-order valence-electron chi connectivity index (χ0n) is 11.8. The molecule has 23 heavy (non-hydrogen) atoms. The number of aromatic nitrogens is 3. The van der Waals surface area contributed by atoms with Crippen molar-refractivity contribution in [2.75, 3.05) is 0 Å². The van der Waals surface area contributed by atoms with E-state index in [0.29, 0.717) is 10.6 Å². The van der Waals surface area contributed by atoms with E-state index in [1.54, 1.807) is 36.7 Å². The van der Waals surface area contributed by atoms with Gasteiger partial charge in [-0.15, -0.1) is 11.3 Å². The van der Waals surface area contributed by atoms with Crippen molar-refractivity contribution < 1.29 is 8.42 Å². The monoisotopic (exact) mass is 348 g/mol. The van der Waals surface area contributed by atoms with E-state index in [4.69, 9.17) is 0 Å². The first kappa shape index (κ1) is 15.5. The first-order valence-electron chi connectivity index (χ1n) is 6.59. The molecule has 118 valence electrons. The minimum atomic E-state index is -3.61. The van der Waals surface area contributed by atoms with Crippen LogP contribution in [0.2, 0.25) is 0 Å². The highest BCUT2D eigenvalue weighted by Crippen LogP contribution is 2.28. The van der Waals surface area contributed by atoms with Gasteiger partial charge in [-0.25, -0.2) is 18.2 Å². The summed E-state index contributed by atoms with van der Waals surface area (Å²) < 4.78 is 27.3. The van der Waals surface area contributed by atoms with Crippen molar-refractivity contribution in [3.63, 3.8) is 0 Å². The molecule has 0 aliphatic heterocycles. The molecule has 0 aliphatic carbocycles. The fourth-order valence-electron chi connectivity index (χ4n) is 1.84. The van der Waals surface area contributed by atoms with E-state index in [0.717, 1.165) is 16.9 Å². The molecule has 0 radical (unpaired) electrons. The number of pyridine rings is 1. The van der Waals surface area contributed by atoms with E-state index in [1.165, 1.54) is 12.1 Å². The average Bonchev–Trinajstić information content (AvgIpc) is 3.06. The van der Waals surface area contributed by atoms with Gasteiger partial charge in [0, 0.05) is 25.0 Å². The molecule has 3 aromatic rings. The second-order valence-electron chi connectivity index (χ2n) is 4.61. The molecule has 0 saturated heterocycles. The topological polar surface area (TPSA) is 105 Å². The summed E-state index contributed by atoms with van der Waals surface area (Å²) in [5, 5.41) is 6.21. The lowest BCUT2D eigenvalue weighted by molar-refractivity contribution is 0.583. The number of nitrogens with zero attached hydrogens (tertiary/aromatic N) is 2. The lowest BCUT2D eigenvalue weighted by Gasteiger charge is -2.04. The Morgan fingerprint density at radius 1 is 1.17 bits per heavy atom. The normalized spacial score (nSPS) is 11.5. The van der Waals surface area contributed by atoms with Crippen molar-refractivity contribution in [3.8, 4) is 10.6 Å². The van der Waals surface area contributed by atoms with E-state index in [-0.39, 0.29) is 16.3 Å². The van der Waals surface area contributed by atoms with Crippen LogP contribution >= 0.6 is 11.3 Å². The number of aromatic amines is 1. The Labute approximate surface area is 136 Å². The van der Waals surface area contributed by atoms with Crippen LogP contribution in [0.1, 0.15) is 5.56 Å². The predicted molar refractivity (Wildman–Crippen MR) is 86.4 cm³/mol. The summed E-state index contributed by atoms with van der Waals surface area (Å²) in [6.45, 7) is 0.167. The van der Waals surface area contributed by atoms with Crippen LogP contribution in [-0.2, 0) is 16.6 Å². The molecule has 0 bridgehead atoms. The van der Waals surface area contributed by atoms with Gasteiger partial charge in [0.25, 0.3) is 5.56 Å². The van der Waals surface area contributed by atoms with Gasteiger partial charge in [0.15, 0.2) is 0 Å². The van der Waals surface area contributed by atoms with Crippen molar-refractivity contribution >= 4 is 21.4 Å². The third-order valence-electron chi connectivity index (χ3n) is 2.97. The first-order valence-corrected chi connectivity index (χ1v) is 8.89. The molecule has 9 heteroatoms. The van der Waals surface area contributed by atoms with Crippen LogP contribution < -0.4 is 10.3 Å². The van der Waals surface area contributed by atoms with Crippen molar-refractivity contribution in [1.29, 1.82) is 0 Å². The summed E-state index contributed by atoms with van der Waals surface area (Å²) in [7, 11) is -3.61. The summed E-state index contributed by atoms with van der Waals surface area (Å²) in [5.74, 6) is 0. The maximum absolute atomic E-state index is 12.3. The number of rotatable bonds is 5. The van der Waals surface area contributed by atoms with Gasteiger partial charge in [0.1, 0.15) is 9.90 Å². The molecule has 7 nitrogen and oxygen atoms in total. The number of nitrogens with one attached hydrogen (secondary N) is 2. The number of hydrogen-bond donors (Lipinski definition) is 2. The van der Waals surface area contributed by atoms with Crippen molar-refractivity contribution in [2.24, 2.45) is 0 Å². The van der Waals surface area contributed by atoms with Gasteiger partial charge in [-0.05, 0) is 29.8 Å². The molecule has 3 rings (SSSR count). The molecule has 2 N–H and O–H groups in total. The van der Waals surface area contributed by atoms with Crippen molar-refractivity contribution in [2.45, 2.75) is 10.8 Å². The third-order valence-corrected chi connectivity index (χ3v) is 5.97. The second-order valence-corrected chi connectivity index (χ2v) is 7.69. The molecule has 0 aliphatic rings. The largest absolute Gasteiger partial charge is 0.268 e. The van der Waals surface area contributed by atoms with Gasteiger partial charge >= 0.3 is 0 Å². The summed E-state index contributed by atoms with van der Waals surface area (Å²) in [6, 6.07) is 9.59. The Kier molecular flexibility index (Phi) is 4.33. The molecule has 0 atom stereocenters. The predicted octanol–water partition coefficient (Wildman–Crippen LogP) is 1.37. The maximum atomic E-state index is 12.3. The summed E-state index contributed by atoms with van der Waals surface area (Å²) in [6.07, 6.45) is 3.23. The third kappa shape index (κ3) is 3.70. The Balaban J connectivity index is 1.78.